The number of nitrogens with zero attached hydrogens (tertiary/aromatic N) is 1. The van der Waals surface area contributed by atoms with Crippen molar-refractivity contribution in [2.45, 2.75) is 19.8 Å². The number of aryl methyl sites for hydroxylation is 1. The van der Waals surface area contributed by atoms with Crippen molar-refractivity contribution in [1.82, 2.24) is 10.3 Å². The first-order valence-electron chi connectivity index (χ1n) is 5.80. The van der Waals surface area contributed by atoms with Crippen molar-refractivity contribution in [1.29, 1.82) is 0 Å². The van der Waals surface area contributed by atoms with E-state index in [0.717, 1.165) is 31.6 Å². The van der Waals surface area contributed by atoms with Crippen molar-refractivity contribution in [2.24, 2.45) is 0 Å². The molecular formula is C12H19N3O2. The number of nitrogens with one attached hydrogen (secondary N) is 2. The lowest BCUT2D eigenvalue weighted by molar-refractivity contribution is 0.0696. The third-order valence-electron chi connectivity index (χ3n) is 2.40. The number of rotatable bonds is 7. The topological polar surface area (TPSA) is 74.2 Å². The number of hydrogen-bond donors (Lipinski definition) is 3. The van der Waals surface area contributed by atoms with Crippen LogP contribution in [0.15, 0.2) is 12.1 Å². The molecule has 0 aliphatic heterocycles. The highest BCUT2D eigenvalue weighted by Crippen LogP contribution is 2.11. The van der Waals surface area contributed by atoms with Crippen molar-refractivity contribution < 1.29 is 9.90 Å². The average Bonchev–Trinajstić information content (AvgIpc) is 2.34. The van der Waals surface area contributed by atoms with Crippen LogP contribution in [0.5, 0.6) is 0 Å². The fraction of sp³-hybridized carbons (Fsp3) is 0.500. The summed E-state index contributed by atoms with van der Waals surface area (Å²) in [7, 11) is 1.90. The molecule has 0 fully saturated rings. The number of carbonyl (C=O) groups is 1. The summed E-state index contributed by atoms with van der Waals surface area (Å²) in [4.78, 5) is 15.3. The molecule has 5 heteroatoms. The van der Waals surface area contributed by atoms with Gasteiger partial charge in [0.1, 0.15) is 5.82 Å². The maximum Gasteiger partial charge on any atom is 0.335 e. The van der Waals surface area contributed by atoms with E-state index in [-0.39, 0.29) is 5.56 Å². The number of aromatic carboxylic acids is 1. The molecule has 1 aromatic heterocycles. The molecule has 0 radical (unpaired) electrons. The molecule has 0 saturated carbocycles. The molecule has 0 aromatic carbocycles. The molecule has 0 spiro atoms. The van der Waals surface area contributed by atoms with Gasteiger partial charge in [0.2, 0.25) is 0 Å². The Bertz CT molecular complexity index is 380. The van der Waals surface area contributed by atoms with E-state index in [4.69, 9.17) is 5.11 Å². The van der Waals surface area contributed by atoms with Gasteiger partial charge >= 0.3 is 5.97 Å². The van der Waals surface area contributed by atoms with Crippen LogP contribution in [-0.2, 0) is 6.42 Å². The van der Waals surface area contributed by atoms with Crippen LogP contribution in [0.2, 0.25) is 0 Å². The minimum absolute atomic E-state index is 0.285. The predicted molar refractivity (Wildman–Crippen MR) is 67.6 cm³/mol. The molecule has 0 bridgehead atoms. The van der Waals surface area contributed by atoms with Gasteiger partial charge in [-0.2, -0.15) is 0 Å². The lowest BCUT2D eigenvalue weighted by Crippen LogP contribution is -2.14. The second-order valence-electron chi connectivity index (χ2n) is 3.77. The molecule has 0 aliphatic rings. The molecule has 1 rings (SSSR count). The summed E-state index contributed by atoms with van der Waals surface area (Å²) in [5.41, 5.74) is 1.08. The maximum absolute atomic E-state index is 10.9. The number of carboxylic acid groups (broad SMARTS) is 1. The number of carboxylic acids is 1. The summed E-state index contributed by atoms with van der Waals surface area (Å²) in [6.07, 6.45) is 1.70. The fourth-order valence-electron chi connectivity index (χ4n) is 1.46. The Labute approximate surface area is 101 Å². The van der Waals surface area contributed by atoms with Crippen molar-refractivity contribution in [3.05, 3.63) is 23.4 Å². The Balaban J connectivity index is 2.70. The van der Waals surface area contributed by atoms with Crippen molar-refractivity contribution in [3.63, 3.8) is 0 Å². The van der Waals surface area contributed by atoms with Crippen LogP contribution in [0, 0.1) is 0 Å². The van der Waals surface area contributed by atoms with Crippen LogP contribution in [0.3, 0.4) is 0 Å². The lowest BCUT2D eigenvalue weighted by atomic mass is 10.2. The second-order valence-corrected chi connectivity index (χ2v) is 3.77. The van der Waals surface area contributed by atoms with E-state index >= 15 is 0 Å². The molecule has 3 N–H and O–H groups in total. The summed E-state index contributed by atoms with van der Waals surface area (Å²) in [5.74, 6) is -0.279. The Kier molecular flexibility index (Phi) is 5.42. The molecule has 0 aliphatic carbocycles. The zero-order valence-electron chi connectivity index (χ0n) is 10.3. The molecule has 1 aromatic rings. The van der Waals surface area contributed by atoms with Gasteiger partial charge < -0.3 is 15.7 Å². The van der Waals surface area contributed by atoms with Crippen molar-refractivity contribution in [3.8, 4) is 0 Å². The van der Waals surface area contributed by atoms with Crippen molar-refractivity contribution >= 4 is 11.8 Å². The fourth-order valence-corrected chi connectivity index (χ4v) is 1.46. The van der Waals surface area contributed by atoms with Crippen molar-refractivity contribution in [2.75, 3.05) is 25.5 Å². The zero-order chi connectivity index (χ0) is 12.7. The first-order chi connectivity index (χ1) is 8.17. The monoisotopic (exact) mass is 237 g/mol. The average molecular weight is 237 g/mol. The molecule has 0 unspecified atom stereocenters. The normalized spacial score (nSPS) is 10.2. The molecular weight excluding hydrogens is 218 g/mol. The molecule has 1 heterocycles. The van der Waals surface area contributed by atoms with Crippen LogP contribution in [0.25, 0.3) is 0 Å². The summed E-state index contributed by atoms with van der Waals surface area (Å²) in [5, 5.41) is 15.2. The second kappa shape index (κ2) is 6.85. The van der Waals surface area contributed by atoms with E-state index in [1.165, 1.54) is 0 Å². The Morgan fingerprint density at radius 2 is 2.18 bits per heavy atom. The molecule has 0 saturated heterocycles. The van der Waals surface area contributed by atoms with Crippen LogP contribution < -0.4 is 10.6 Å². The molecule has 0 atom stereocenters. The minimum atomic E-state index is -0.916. The third kappa shape index (κ3) is 4.40. The van der Waals surface area contributed by atoms with Gasteiger partial charge in [0.05, 0.1) is 5.56 Å². The van der Waals surface area contributed by atoms with Gasteiger partial charge in [-0.25, -0.2) is 9.78 Å². The van der Waals surface area contributed by atoms with Crippen LogP contribution >= 0.6 is 0 Å². The number of hydrogen-bond acceptors (Lipinski definition) is 4. The third-order valence-corrected chi connectivity index (χ3v) is 2.40. The van der Waals surface area contributed by atoms with Crippen LogP contribution in [0.1, 0.15) is 29.4 Å². The lowest BCUT2D eigenvalue weighted by Gasteiger charge is -2.08. The Morgan fingerprint density at radius 3 is 2.76 bits per heavy atom. The summed E-state index contributed by atoms with van der Waals surface area (Å²) in [6.45, 7) is 3.66. The van der Waals surface area contributed by atoms with Crippen LogP contribution in [-0.4, -0.2) is 36.2 Å². The summed E-state index contributed by atoms with van der Waals surface area (Å²) < 4.78 is 0. The molecule has 0 amide bonds. The van der Waals surface area contributed by atoms with Gasteiger partial charge in [-0.3, -0.25) is 0 Å². The van der Waals surface area contributed by atoms with E-state index in [9.17, 15) is 4.79 Å². The van der Waals surface area contributed by atoms with E-state index in [1.54, 1.807) is 12.1 Å². The van der Waals surface area contributed by atoms with Gasteiger partial charge in [0.15, 0.2) is 0 Å². The van der Waals surface area contributed by atoms with E-state index < -0.39 is 5.97 Å². The quantitative estimate of drug-likeness (QED) is 0.624. The van der Waals surface area contributed by atoms with Gasteiger partial charge in [-0.05, 0) is 38.6 Å². The maximum atomic E-state index is 10.9. The van der Waals surface area contributed by atoms with E-state index in [2.05, 4.69) is 15.6 Å². The molecule has 5 nitrogen and oxygen atoms in total. The SMILES string of the molecule is CCc1cc(C(=O)O)cc(NCCCNC)n1. The molecule has 94 valence electrons. The van der Waals surface area contributed by atoms with E-state index in [1.807, 2.05) is 14.0 Å². The predicted octanol–water partition coefficient (Wildman–Crippen LogP) is 1.36. The summed E-state index contributed by atoms with van der Waals surface area (Å²) in [6, 6.07) is 3.18. The van der Waals surface area contributed by atoms with Gasteiger partial charge in [0, 0.05) is 12.2 Å². The zero-order valence-corrected chi connectivity index (χ0v) is 10.3. The van der Waals surface area contributed by atoms with Gasteiger partial charge in [-0.1, -0.05) is 6.92 Å². The standard InChI is InChI=1S/C12H19N3O2/c1-3-10-7-9(12(16)17)8-11(15-10)14-6-4-5-13-2/h7-8,13H,3-6H2,1-2H3,(H,14,15)(H,16,17). The highest BCUT2D eigenvalue weighted by atomic mass is 16.4. The Hall–Kier alpha value is -1.62. The first kappa shape index (κ1) is 13.4. The van der Waals surface area contributed by atoms with Gasteiger partial charge in [-0.15, -0.1) is 0 Å². The highest BCUT2D eigenvalue weighted by Gasteiger charge is 2.07. The number of pyridine rings is 1. The largest absolute Gasteiger partial charge is 0.478 e. The summed E-state index contributed by atoms with van der Waals surface area (Å²) >= 11 is 0. The first-order valence-corrected chi connectivity index (χ1v) is 5.80. The van der Waals surface area contributed by atoms with E-state index in [0.29, 0.717) is 5.82 Å². The highest BCUT2D eigenvalue weighted by molar-refractivity contribution is 5.88. The van der Waals surface area contributed by atoms with Gasteiger partial charge in [0.25, 0.3) is 0 Å². The Morgan fingerprint density at radius 1 is 1.41 bits per heavy atom. The number of aromatic nitrogens is 1. The van der Waals surface area contributed by atoms with Crippen LogP contribution in [0.4, 0.5) is 5.82 Å². The minimum Gasteiger partial charge on any atom is -0.478 e. The number of anilines is 1. The molecule has 17 heavy (non-hydrogen) atoms. The smallest absolute Gasteiger partial charge is 0.335 e.